The Morgan fingerprint density at radius 3 is 2.75 bits per heavy atom. The molecule has 0 saturated carbocycles. The molecule has 7 heteroatoms. The molecule has 1 rings (SSSR count). The second kappa shape index (κ2) is 8.64. The van der Waals surface area contributed by atoms with E-state index in [0.717, 1.165) is 31.2 Å². The minimum absolute atomic E-state index is 0.168. The van der Waals surface area contributed by atoms with E-state index in [4.69, 9.17) is 0 Å². The highest BCUT2D eigenvalue weighted by Crippen LogP contribution is 2.22. The summed E-state index contributed by atoms with van der Waals surface area (Å²) in [6, 6.07) is 0. The van der Waals surface area contributed by atoms with Crippen molar-refractivity contribution in [3.8, 4) is 0 Å². The van der Waals surface area contributed by atoms with E-state index >= 15 is 0 Å². The number of hydrogen-bond acceptors (Lipinski definition) is 2. The van der Waals surface area contributed by atoms with Gasteiger partial charge in [-0.3, -0.25) is 4.99 Å². The van der Waals surface area contributed by atoms with Crippen LogP contribution in [0.2, 0.25) is 0 Å². The van der Waals surface area contributed by atoms with Crippen molar-refractivity contribution in [1.82, 2.24) is 10.2 Å². The first-order valence-corrected chi connectivity index (χ1v) is 8.15. The molecular weight excluding hydrogens is 287 g/mol. The van der Waals surface area contributed by atoms with Crippen molar-refractivity contribution in [3.63, 3.8) is 0 Å². The normalized spacial score (nSPS) is 21.1. The van der Waals surface area contributed by atoms with Crippen LogP contribution in [0.5, 0.6) is 0 Å². The number of alkyl halides is 3. The summed E-state index contributed by atoms with van der Waals surface area (Å²) in [5.74, 6) is 1.89. The van der Waals surface area contributed by atoms with Crippen LogP contribution < -0.4 is 5.32 Å². The third-order valence-electron chi connectivity index (χ3n) is 3.28. The third kappa shape index (κ3) is 6.72. The Bertz CT molecular complexity index is 308. The zero-order chi connectivity index (χ0) is 15.0. The summed E-state index contributed by atoms with van der Waals surface area (Å²) in [4.78, 5) is 6.43. The van der Waals surface area contributed by atoms with Crippen molar-refractivity contribution in [2.75, 3.05) is 32.4 Å². The predicted molar refractivity (Wildman–Crippen MR) is 79.4 cm³/mol. The van der Waals surface area contributed by atoms with Gasteiger partial charge in [0, 0.05) is 44.1 Å². The molecule has 0 aliphatic carbocycles. The van der Waals surface area contributed by atoms with Crippen molar-refractivity contribution in [1.29, 1.82) is 0 Å². The van der Waals surface area contributed by atoms with E-state index in [1.54, 1.807) is 7.05 Å². The van der Waals surface area contributed by atoms with Gasteiger partial charge in [-0.1, -0.05) is 6.92 Å². The number of guanidine groups is 1. The standard InChI is InChI=1S/C13H24F3N3S/c1-3-11-10-19(8-9-20-11)12(17-2)18-7-5-4-6-13(14,15)16/h11H,3-10H2,1-2H3,(H,17,18). The van der Waals surface area contributed by atoms with Crippen molar-refractivity contribution in [3.05, 3.63) is 0 Å². The number of nitrogens with zero attached hydrogens (tertiary/aromatic N) is 2. The monoisotopic (exact) mass is 311 g/mol. The van der Waals surface area contributed by atoms with Crippen LogP contribution in [-0.4, -0.2) is 54.7 Å². The van der Waals surface area contributed by atoms with Crippen LogP contribution in [0.15, 0.2) is 4.99 Å². The smallest absolute Gasteiger partial charge is 0.356 e. The average molecular weight is 311 g/mol. The summed E-state index contributed by atoms with van der Waals surface area (Å²) in [5.41, 5.74) is 0. The van der Waals surface area contributed by atoms with E-state index < -0.39 is 12.6 Å². The summed E-state index contributed by atoms with van der Waals surface area (Å²) in [6.45, 7) is 4.63. The number of thioether (sulfide) groups is 1. The quantitative estimate of drug-likeness (QED) is 0.480. The van der Waals surface area contributed by atoms with Gasteiger partial charge < -0.3 is 10.2 Å². The Kier molecular flexibility index (Phi) is 7.55. The second-order valence-corrected chi connectivity index (χ2v) is 6.30. The van der Waals surface area contributed by atoms with Crippen LogP contribution in [0.25, 0.3) is 0 Å². The maximum Gasteiger partial charge on any atom is 0.389 e. The fourth-order valence-corrected chi connectivity index (χ4v) is 3.32. The Hall–Kier alpha value is -0.590. The van der Waals surface area contributed by atoms with E-state index in [-0.39, 0.29) is 6.42 Å². The first kappa shape index (κ1) is 17.5. The van der Waals surface area contributed by atoms with Gasteiger partial charge in [-0.2, -0.15) is 24.9 Å². The van der Waals surface area contributed by atoms with E-state index in [1.165, 1.54) is 0 Å². The zero-order valence-electron chi connectivity index (χ0n) is 12.2. The van der Waals surface area contributed by atoms with Gasteiger partial charge >= 0.3 is 6.18 Å². The van der Waals surface area contributed by atoms with Gasteiger partial charge in [-0.25, -0.2) is 0 Å². The molecule has 0 spiro atoms. The van der Waals surface area contributed by atoms with Crippen LogP contribution in [0.4, 0.5) is 13.2 Å². The van der Waals surface area contributed by atoms with Crippen molar-refractivity contribution in [2.24, 2.45) is 4.99 Å². The topological polar surface area (TPSA) is 27.6 Å². The molecule has 1 aliphatic heterocycles. The maximum atomic E-state index is 12.0. The molecule has 1 unspecified atom stereocenters. The minimum atomic E-state index is -4.04. The fraction of sp³-hybridized carbons (Fsp3) is 0.923. The third-order valence-corrected chi connectivity index (χ3v) is 4.65. The van der Waals surface area contributed by atoms with Gasteiger partial charge in [-0.15, -0.1) is 0 Å². The molecule has 0 aromatic heterocycles. The van der Waals surface area contributed by atoms with Gasteiger partial charge in [0.15, 0.2) is 5.96 Å². The molecule has 0 aromatic rings. The molecule has 1 saturated heterocycles. The summed E-state index contributed by atoms with van der Waals surface area (Å²) in [5, 5.41) is 3.79. The molecule has 1 fully saturated rings. The highest BCUT2D eigenvalue weighted by atomic mass is 32.2. The Balaban J connectivity index is 2.26. The molecule has 0 bridgehead atoms. The van der Waals surface area contributed by atoms with Crippen LogP contribution in [-0.2, 0) is 0 Å². The summed E-state index contributed by atoms with van der Waals surface area (Å²) in [7, 11) is 1.72. The van der Waals surface area contributed by atoms with Crippen molar-refractivity contribution in [2.45, 2.75) is 44.0 Å². The van der Waals surface area contributed by atoms with Crippen molar-refractivity contribution >= 4 is 17.7 Å². The highest BCUT2D eigenvalue weighted by Gasteiger charge is 2.26. The van der Waals surface area contributed by atoms with E-state index in [9.17, 15) is 13.2 Å². The Morgan fingerprint density at radius 1 is 1.40 bits per heavy atom. The van der Waals surface area contributed by atoms with Crippen LogP contribution in [0.3, 0.4) is 0 Å². The largest absolute Gasteiger partial charge is 0.389 e. The highest BCUT2D eigenvalue weighted by molar-refractivity contribution is 8.00. The predicted octanol–water partition coefficient (Wildman–Crippen LogP) is 3.12. The van der Waals surface area contributed by atoms with Crippen LogP contribution in [0.1, 0.15) is 32.6 Å². The zero-order valence-corrected chi connectivity index (χ0v) is 13.0. The molecule has 118 valence electrons. The minimum Gasteiger partial charge on any atom is -0.356 e. The summed E-state index contributed by atoms with van der Waals surface area (Å²) >= 11 is 1.98. The maximum absolute atomic E-state index is 12.0. The Morgan fingerprint density at radius 2 is 2.15 bits per heavy atom. The molecule has 0 aromatic carbocycles. The Labute approximate surface area is 123 Å². The number of nitrogens with one attached hydrogen (secondary N) is 1. The van der Waals surface area contributed by atoms with Gasteiger partial charge in [-0.05, 0) is 19.3 Å². The lowest BCUT2D eigenvalue weighted by Crippen LogP contribution is -2.48. The fourth-order valence-electron chi connectivity index (χ4n) is 2.14. The molecule has 1 atom stereocenters. The van der Waals surface area contributed by atoms with Gasteiger partial charge in [0.2, 0.25) is 0 Å². The molecule has 1 N–H and O–H groups in total. The van der Waals surface area contributed by atoms with E-state index in [2.05, 4.69) is 22.1 Å². The number of rotatable bonds is 5. The molecule has 0 radical (unpaired) electrons. The molecule has 1 aliphatic rings. The molecule has 3 nitrogen and oxygen atoms in total. The van der Waals surface area contributed by atoms with Gasteiger partial charge in [0.1, 0.15) is 0 Å². The lowest BCUT2D eigenvalue weighted by Gasteiger charge is -2.34. The molecule has 20 heavy (non-hydrogen) atoms. The number of aliphatic imine (C=N–C) groups is 1. The molecule has 0 amide bonds. The lowest BCUT2D eigenvalue weighted by molar-refractivity contribution is -0.135. The second-order valence-electron chi connectivity index (χ2n) is 4.89. The molecular formula is C13H24F3N3S. The average Bonchev–Trinajstić information content (AvgIpc) is 2.41. The lowest BCUT2D eigenvalue weighted by atomic mass is 10.2. The molecule has 1 heterocycles. The van der Waals surface area contributed by atoms with Crippen LogP contribution >= 0.6 is 11.8 Å². The number of halogens is 3. The summed E-state index contributed by atoms with van der Waals surface area (Å²) < 4.78 is 36.1. The van der Waals surface area contributed by atoms with Crippen molar-refractivity contribution < 1.29 is 13.2 Å². The summed E-state index contributed by atoms with van der Waals surface area (Å²) in [6.07, 6.45) is -2.94. The number of hydrogen-bond donors (Lipinski definition) is 1. The van der Waals surface area contributed by atoms with Gasteiger partial charge in [0.25, 0.3) is 0 Å². The van der Waals surface area contributed by atoms with E-state index in [1.807, 2.05) is 11.8 Å². The van der Waals surface area contributed by atoms with Gasteiger partial charge in [0.05, 0.1) is 0 Å². The number of unbranched alkanes of at least 4 members (excludes halogenated alkanes) is 1. The SMILES string of the molecule is CCC1CN(C(=NC)NCCCCC(F)(F)F)CCS1. The first-order valence-electron chi connectivity index (χ1n) is 7.10. The first-order chi connectivity index (χ1) is 9.46. The van der Waals surface area contributed by atoms with E-state index in [0.29, 0.717) is 18.2 Å². The van der Waals surface area contributed by atoms with Crippen LogP contribution in [0, 0.1) is 0 Å².